The number of hydrogen-bond donors (Lipinski definition) is 6. The van der Waals surface area contributed by atoms with Crippen molar-refractivity contribution in [3.05, 3.63) is 0 Å². The number of amides is 2. The summed E-state index contributed by atoms with van der Waals surface area (Å²) in [5.41, 5.74) is 5.42. The van der Waals surface area contributed by atoms with Gasteiger partial charge in [-0.2, -0.15) is 12.6 Å². The normalized spacial score (nSPS) is 12.8. The van der Waals surface area contributed by atoms with E-state index in [1.54, 1.807) is 14.0 Å². The number of hydrazine groups is 1. The lowest BCUT2D eigenvalue weighted by Crippen LogP contribution is -2.51. The molecule has 0 saturated heterocycles. The lowest BCUT2D eigenvalue weighted by molar-refractivity contribution is -0.128. The number of thiocarbonyl (C=S) groups is 1. The number of unbranched alkanes of at least 4 members (excludes halogenated alkanes) is 1. The summed E-state index contributed by atoms with van der Waals surface area (Å²) < 4.78 is 0. The molecule has 0 spiro atoms. The molecule has 0 aromatic heterocycles. The smallest absolute Gasteiger partial charge is 0.243 e. The predicted molar refractivity (Wildman–Crippen MR) is 110 cm³/mol. The first-order valence-corrected chi connectivity index (χ1v) is 9.77. The molecule has 0 rings (SSSR count). The molecule has 2 unspecified atom stereocenters. The molecule has 0 aromatic carbocycles. The fraction of sp³-hybridized carbons (Fsp3) is 0.750. The van der Waals surface area contributed by atoms with E-state index in [1.807, 2.05) is 6.92 Å². The van der Waals surface area contributed by atoms with Gasteiger partial charge in [0.25, 0.3) is 0 Å². The van der Waals surface area contributed by atoms with Gasteiger partial charge in [-0.3, -0.25) is 14.4 Å². The van der Waals surface area contributed by atoms with Crippen molar-refractivity contribution in [2.75, 3.05) is 25.9 Å². The highest BCUT2D eigenvalue weighted by molar-refractivity contribution is 7.80. The van der Waals surface area contributed by atoms with Gasteiger partial charge in [0, 0.05) is 12.3 Å². The van der Waals surface area contributed by atoms with Gasteiger partial charge < -0.3 is 21.4 Å². The minimum Gasteiger partial charge on any atom is -0.354 e. The van der Waals surface area contributed by atoms with Crippen molar-refractivity contribution in [1.29, 1.82) is 0 Å². The van der Waals surface area contributed by atoms with E-state index in [-0.39, 0.29) is 35.9 Å². The lowest BCUT2D eigenvalue weighted by atomic mass is 10.1. The van der Waals surface area contributed by atoms with Gasteiger partial charge in [-0.05, 0) is 39.7 Å². The molecule has 0 heterocycles. The van der Waals surface area contributed by atoms with E-state index in [4.69, 9.17) is 12.2 Å². The van der Waals surface area contributed by atoms with E-state index in [1.165, 1.54) is 0 Å². The second kappa shape index (κ2) is 14.9. The third-order valence-corrected chi connectivity index (χ3v) is 4.45. The molecule has 0 aliphatic carbocycles. The Hall–Kier alpha value is -1.23. The molecule has 150 valence electrons. The van der Waals surface area contributed by atoms with Crippen molar-refractivity contribution in [2.24, 2.45) is 0 Å². The maximum atomic E-state index is 12.1. The van der Waals surface area contributed by atoms with Gasteiger partial charge in [-0.15, -0.1) is 0 Å². The average molecular weight is 406 g/mol. The molecule has 0 aromatic rings. The molecule has 0 fully saturated rings. The van der Waals surface area contributed by atoms with Crippen molar-refractivity contribution >= 4 is 47.4 Å². The zero-order chi connectivity index (χ0) is 19.9. The van der Waals surface area contributed by atoms with Crippen LogP contribution in [0.25, 0.3) is 0 Å². The van der Waals surface area contributed by atoms with Crippen LogP contribution in [-0.2, 0) is 14.4 Å². The highest BCUT2D eigenvalue weighted by Crippen LogP contribution is 2.01. The highest BCUT2D eigenvalue weighted by atomic mass is 32.1. The van der Waals surface area contributed by atoms with E-state index in [2.05, 4.69) is 39.4 Å². The summed E-state index contributed by atoms with van der Waals surface area (Å²) in [5.74, 6) is -0.298. The third-order valence-electron chi connectivity index (χ3n) is 3.69. The highest BCUT2D eigenvalue weighted by Gasteiger charge is 2.18. The first-order valence-electron chi connectivity index (χ1n) is 8.73. The molecule has 8 nitrogen and oxygen atoms in total. The van der Waals surface area contributed by atoms with E-state index in [0.29, 0.717) is 18.0 Å². The zero-order valence-corrected chi connectivity index (χ0v) is 17.4. The molecule has 0 aliphatic rings. The summed E-state index contributed by atoms with van der Waals surface area (Å²) in [6, 6.07) is -0.843. The molecular formula is C16H31N5O3S2. The number of carbonyl (C=O) groups is 3. The first-order chi connectivity index (χ1) is 12.3. The summed E-state index contributed by atoms with van der Waals surface area (Å²) in [7, 11) is 1.76. The number of ketones is 1. The second-order valence-corrected chi connectivity index (χ2v) is 6.65. The van der Waals surface area contributed by atoms with E-state index in [0.717, 1.165) is 19.3 Å². The largest absolute Gasteiger partial charge is 0.354 e. The molecule has 0 radical (unpaired) electrons. The fourth-order valence-corrected chi connectivity index (χ4v) is 2.44. The molecule has 0 bridgehead atoms. The van der Waals surface area contributed by atoms with Crippen molar-refractivity contribution in [3.8, 4) is 0 Å². The Morgan fingerprint density at radius 2 is 1.85 bits per heavy atom. The number of rotatable bonds is 14. The minimum absolute atomic E-state index is 0.00580. The molecule has 10 heteroatoms. The topological polar surface area (TPSA) is 111 Å². The van der Waals surface area contributed by atoms with Crippen molar-refractivity contribution in [3.63, 3.8) is 0 Å². The van der Waals surface area contributed by atoms with Crippen LogP contribution < -0.4 is 26.8 Å². The Bertz CT molecular complexity index is 477. The van der Waals surface area contributed by atoms with Gasteiger partial charge in [0.1, 0.15) is 11.8 Å². The monoisotopic (exact) mass is 405 g/mol. The van der Waals surface area contributed by atoms with Gasteiger partial charge >= 0.3 is 0 Å². The molecule has 0 aliphatic heterocycles. The Labute approximate surface area is 166 Å². The van der Waals surface area contributed by atoms with Crippen LogP contribution in [0.3, 0.4) is 0 Å². The van der Waals surface area contributed by atoms with E-state index >= 15 is 0 Å². The molecule has 0 saturated carbocycles. The first kappa shape index (κ1) is 24.8. The van der Waals surface area contributed by atoms with Crippen molar-refractivity contribution < 1.29 is 14.4 Å². The summed E-state index contributed by atoms with van der Waals surface area (Å²) in [6.45, 7) is 3.94. The van der Waals surface area contributed by atoms with E-state index < -0.39 is 6.04 Å². The number of nitrogens with one attached hydrogen (secondary N) is 5. The Morgan fingerprint density at radius 1 is 1.15 bits per heavy atom. The Kier molecular flexibility index (Phi) is 14.2. The van der Waals surface area contributed by atoms with Gasteiger partial charge in [0.15, 0.2) is 0 Å². The van der Waals surface area contributed by atoms with Crippen LogP contribution >= 0.6 is 24.8 Å². The van der Waals surface area contributed by atoms with Crippen LogP contribution in [0.4, 0.5) is 0 Å². The van der Waals surface area contributed by atoms with Crippen molar-refractivity contribution in [1.82, 2.24) is 26.8 Å². The number of Topliss-reactive ketones (excluding diaryl/α,β-unsaturated/α-hetero) is 1. The summed E-state index contributed by atoms with van der Waals surface area (Å²) >= 11 is 9.08. The maximum Gasteiger partial charge on any atom is 0.243 e. The standard InChI is InChI=1S/C16H31N5O3S2/c1-4-15(26)21-19-9-14(23)20-13(10-25)16(24)18-8-6-5-7-12(17-3)11(2)22/h12-13,17,19,25H,4-10H2,1-3H3,(H,18,24)(H,20,23)(H,21,26). The number of thiol groups is 1. The van der Waals surface area contributed by atoms with Gasteiger partial charge in [-0.1, -0.05) is 19.1 Å². The van der Waals surface area contributed by atoms with Crippen LogP contribution in [0.15, 0.2) is 0 Å². The maximum absolute atomic E-state index is 12.1. The van der Waals surface area contributed by atoms with E-state index in [9.17, 15) is 14.4 Å². The van der Waals surface area contributed by atoms with Crippen LogP contribution in [0, 0.1) is 0 Å². The average Bonchev–Trinajstić information content (AvgIpc) is 2.61. The fourth-order valence-electron chi connectivity index (χ4n) is 2.11. The van der Waals surface area contributed by atoms with Gasteiger partial charge in [0.2, 0.25) is 11.8 Å². The number of likely N-dealkylation sites (N-methyl/N-ethyl adjacent to an activating group) is 1. The number of carbonyl (C=O) groups excluding carboxylic acids is 3. The van der Waals surface area contributed by atoms with Crippen LogP contribution in [-0.4, -0.2) is 60.6 Å². The van der Waals surface area contributed by atoms with Crippen LogP contribution in [0.2, 0.25) is 0 Å². The second-order valence-electron chi connectivity index (χ2n) is 5.80. The zero-order valence-electron chi connectivity index (χ0n) is 15.7. The quantitative estimate of drug-likeness (QED) is 0.102. The summed E-state index contributed by atoms with van der Waals surface area (Å²) in [5, 5.41) is 8.36. The molecule has 5 N–H and O–H groups in total. The SMILES string of the molecule is CCC(=S)NNCC(=O)NC(CS)C(=O)NCCCCC(NC)C(C)=O. The molecule has 2 atom stereocenters. The van der Waals surface area contributed by atoms with Gasteiger partial charge in [-0.25, -0.2) is 5.43 Å². The lowest BCUT2D eigenvalue weighted by Gasteiger charge is -2.17. The van der Waals surface area contributed by atoms with Crippen LogP contribution in [0.5, 0.6) is 0 Å². The van der Waals surface area contributed by atoms with Gasteiger partial charge in [0.05, 0.1) is 17.6 Å². The molecule has 2 amide bonds. The predicted octanol–water partition coefficient (Wildman–Crippen LogP) is -0.304. The number of hydrogen-bond acceptors (Lipinski definition) is 7. The summed E-state index contributed by atoms with van der Waals surface area (Å²) in [4.78, 5) is 35.8. The summed E-state index contributed by atoms with van der Waals surface area (Å²) in [6.07, 6.45) is 2.97. The molecule has 26 heavy (non-hydrogen) atoms. The van der Waals surface area contributed by atoms with Crippen LogP contribution in [0.1, 0.15) is 39.5 Å². The Morgan fingerprint density at radius 3 is 2.38 bits per heavy atom. The molecular weight excluding hydrogens is 374 g/mol. The minimum atomic E-state index is -0.701. The third kappa shape index (κ3) is 11.4. The van der Waals surface area contributed by atoms with Crippen molar-refractivity contribution in [2.45, 2.75) is 51.6 Å². The Balaban J connectivity index is 4.03.